The molecule has 0 unspecified atom stereocenters. The normalized spacial score (nSPS) is 21.1. The van der Waals surface area contributed by atoms with E-state index in [9.17, 15) is 5.11 Å². The molecule has 1 aromatic heterocycles. The fourth-order valence-electron chi connectivity index (χ4n) is 1.91. The lowest BCUT2D eigenvalue weighted by atomic mass is 9.89. The van der Waals surface area contributed by atoms with E-state index in [1.54, 1.807) is 6.20 Å². The summed E-state index contributed by atoms with van der Waals surface area (Å²) in [6.45, 7) is 1.51. The largest absolute Gasteiger partial charge is 0.387 e. The third kappa shape index (κ3) is 1.87. The van der Waals surface area contributed by atoms with Crippen molar-refractivity contribution in [3.63, 3.8) is 0 Å². The number of aromatic nitrogens is 1. The van der Waals surface area contributed by atoms with Crippen molar-refractivity contribution < 1.29 is 5.11 Å². The number of rotatable bonds is 2. The molecule has 1 fully saturated rings. The molecule has 1 saturated heterocycles. The van der Waals surface area contributed by atoms with Crippen molar-refractivity contribution in [2.24, 2.45) is 0 Å². The van der Waals surface area contributed by atoms with E-state index in [0.717, 1.165) is 18.8 Å². The van der Waals surface area contributed by atoms with Crippen LogP contribution in [-0.2, 0) is 6.42 Å². The van der Waals surface area contributed by atoms with Gasteiger partial charge in [-0.2, -0.15) is 0 Å². The topological polar surface area (TPSA) is 36.4 Å². The average molecular weight is 178 g/mol. The van der Waals surface area contributed by atoms with Gasteiger partial charge in [0, 0.05) is 31.4 Å². The molecule has 2 rings (SSSR count). The van der Waals surface area contributed by atoms with Crippen LogP contribution in [0.1, 0.15) is 5.69 Å². The summed E-state index contributed by atoms with van der Waals surface area (Å²) >= 11 is 0. The Labute approximate surface area is 78.0 Å². The Balaban J connectivity index is 1.99. The summed E-state index contributed by atoms with van der Waals surface area (Å²) < 4.78 is 0. The monoisotopic (exact) mass is 178 g/mol. The minimum absolute atomic E-state index is 0.539. The fourth-order valence-corrected chi connectivity index (χ4v) is 1.91. The van der Waals surface area contributed by atoms with E-state index in [4.69, 9.17) is 0 Å². The highest BCUT2D eigenvalue weighted by Gasteiger charge is 2.39. The summed E-state index contributed by atoms with van der Waals surface area (Å²) in [5.74, 6) is 0. The number of aliphatic hydroxyl groups is 1. The van der Waals surface area contributed by atoms with Gasteiger partial charge in [-0.05, 0) is 19.2 Å². The Morgan fingerprint density at radius 1 is 1.54 bits per heavy atom. The second kappa shape index (κ2) is 3.09. The van der Waals surface area contributed by atoms with Crippen molar-refractivity contribution in [3.8, 4) is 0 Å². The van der Waals surface area contributed by atoms with Crippen LogP contribution in [0.15, 0.2) is 24.4 Å². The summed E-state index contributed by atoms with van der Waals surface area (Å²) in [7, 11) is 2.01. The Hall–Kier alpha value is -0.930. The van der Waals surface area contributed by atoms with Crippen molar-refractivity contribution in [1.82, 2.24) is 9.88 Å². The third-order valence-electron chi connectivity index (χ3n) is 2.36. The maximum Gasteiger partial charge on any atom is 0.0955 e. The summed E-state index contributed by atoms with van der Waals surface area (Å²) in [6.07, 6.45) is 2.43. The van der Waals surface area contributed by atoms with E-state index in [-0.39, 0.29) is 0 Å². The highest BCUT2D eigenvalue weighted by Crippen LogP contribution is 2.22. The molecule has 0 bridgehead atoms. The van der Waals surface area contributed by atoms with Crippen LogP contribution >= 0.6 is 0 Å². The van der Waals surface area contributed by atoms with E-state index in [1.165, 1.54) is 0 Å². The van der Waals surface area contributed by atoms with Gasteiger partial charge in [-0.25, -0.2) is 0 Å². The van der Waals surface area contributed by atoms with Crippen molar-refractivity contribution in [1.29, 1.82) is 0 Å². The molecule has 0 saturated carbocycles. The molecular formula is C10H14N2O. The SMILES string of the molecule is CN1CC(O)(Cc2ccccn2)C1. The maximum atomic E-state index is 9.95. The molecule has 0 spiro atoms. The summed E-state index contributed by atoms with van der Waals surface area (Å²) in [5.41, 5.74) is 0.432. The Kier molecular flexibility index (Phi) is 2.06. The van der Waals surface area contributed by atoms with Crippen LogP contribution < -0.4 is 0 Å². The quantitative estimate of drug-likeness (QED) is 0.707. The standard InChI is InChI=1S/C10H14N2O/c1-12-7-10(13,8-12)6-9-4-2-3-5-11-9/h2-5,13H,6-8H2,1H3. The van der Waals surface area contributed by atoms with Gasteiger partial charge in [0.15, 0.2) is 0 Å². The number of likely N-dealkylation sites (N-methyl/N-ethyl adjacent to an activating group) is 1. The van der Waals surface area contributed by atoms with Gasteiger partial charge >= 0.3 is 0 Å². The summed E-state index contributed by atoms with van der Waals surface area (Å²) in [4.78, 5) is 6.29. The second-order valence-electron chi connectivity index (χ2n) is 3.89. The molecule has 70 valence electrons. The van der Waals surface area contributed by atoms with Crippen molar-refractivity contribution >= 4 is 0 Å². The van der Waals surface area contributed by atoms with Gasteiger partial charge in [-0.1, -0.05) is 6.07 Å². The molecular weight excluding hydrogens is 164 g/mol. The molecule has 0 aromatic carbocycles. The van der Waals surface area contributed by atoms with Gasteiger partial charge in [-0.3, -0.25) is 4.98 Å². The summed E-state index contributed by atoms with van der Waals surface area (Å²) in [5, 5.41) is 9.95. The summed E-state index contributed by atoms with van der Waals surface area (Å²) in [6, 6.07) is 5.80. The van der Waals surface area contributed by atoms with Gasteiger partial charge in [0.05, 0.1) is 5.60 Å². The number of hydrogen-bond donors (Lipinski definition) is 1. The zero-order valence-electron chi connectivity index (χ0n) is 7.77. The Morgan fingerprint density at radius 2 is 2.31 bits per heavy atom. The van der Waals surface area contributed by atoms with Gasteiger partial charge in [0.1, 0.15) is 0 Å². The number of nitrogens with zero attached hydrogens (tertiary/aromatic N) is 2. The number of hydrogen-bond acceptors (Lipinski definition) is 3. The van der Waals surface area contributed by atoms with Gasteiger partial charge in [-0.15, -0.1) is 0 Å². The Bertz CT molecular complexity index is 280. The molecule has 1 aliphatic heterocycles. The second-order valence-corrected chi connectivity index (χ2v) is 3.89. The average Bonchev–Trinajstić information content (AvgIpc) is 2.03. The van der Waals surface area contributed by atoms with Crippen LogP contribution in [0, 0.1) is 0 Å². The molecule has 1 aromatic rings. The number of likely N-dealkylation sites (tertiary alicyclic amines) is 1. The van der Waals surface area contributed by atoms with Gasteiger partial charge in [0.25, 0.3) is 0 Å². The lowest BCUT2D eigenvalue weighted by Gasteiger charge is -2.44. The van der Waals surface area contributed by atoms with Crippen LogP contribution in [0.3, 0.4) is 0 Å². The molecule has 0 atom stereocenters. The van der Waals surface area contributed by atoms with Gasteiger partial charge in [0.2, 0.25) is 0 Å². The fraction of sp³-hybridized carbons (Fsp3) is 0.500. The lowest BCUT2D eigenvalue weighted by Crippen LogP contribution is -2.61. The predicted octanol–water partition coefficient (Wildman–Crippen LogP) is 0.301. The first-order valence-electron chi connectivity index (χ1n) is 4.49. The van der Waals surface area contributed by atoms with Crippen LogP contribution in [0.5, 0.6) is 0 Å². The van der Waals surface area contributed by atoms with Crippen molar-refractivity contribution in [3.05, 3.63) is 30.1 Å². The molecule has 3 nitrogen and oxygen atoms in total. The minimum Gasteiger partial charge on any atom is -0.387 e. The lowest BCUT2D eigenvalue weighted by molar-refractivity contribution is -0.0853. The Morgan fingerprint density at radius 3 is 2.85 bits per heavy atom. The molecule has 1 N–H and O–H groups in total. The first kappa shape index (κ1) is 8.66. The zero-order chi connectivity index (χ0) is 9.31. The van der Waals surface area contributed by atoms with E-state index >= 15 is 0 Å². The van der Waals surface area contributed by atoms with E-state index in [1.807, 2.05) is 25.2 Å². The molecule has 0 aliphatic carbocycles. The smallest absolute Gasteiger partial charge is 0.0955 e. The molecule has 0 radical (unpaired) electrons. The van der Waals surface area contributed by atoms with Gasteiger partial charge < -0.3 is 10.0 Å². The predicted molar refractivity (Wildman–Crippen MR) is 50.4 cm³/mol. The van der Waals surface area contributed by atoms with E-state index < -0.39 is 5.60 Å². The van der Waals surface area contributed by atoms with Crippen LogP contribution in [0.4, 0.5) is 0 Å². The minimum atomic E-state index is -0.539. The van der Waals surface area contributed by atoms with Crippen LogP contribution in [-0.4, -0.2) is 40.7 Å². The number of pyridine rings is 1. The molecule has 13 heavy (non-hydrogen) atoms. The zero-order valence-corrected chi connectivity index (χ0v) is 7.77. The molecule has 3 heteroatoms. The molecule has 1 aliphatic rings. The van der Waals surface area contributed by atoms with E-state index in [2.05, 4.69) is 9.88 Å². The van der Waals surface area contributed by atoms with Crippen LogP contribution in [0.2, 0.25) is 0 Å². The highest BCUT2D eigenvalue weighted by molar-refractivity contribution is 5.10. The first-order chi connectivity index (χ1) is 6.18. The first-order valence-corrected chi connectivity index (χ1v) is 4.49. The van der Waals surface area contributed by atoms with Crippen molar-refractivity contribution in [2.75, 3.05) is 20.1 Å². The maximum absolute atomic E-state index is 9.95. The van der Waals surface area contributed by atoms with E-state index in [0.29, 0.717) is 6.42 Å². The molecule has 2 heterocycles. The third-order valence-corrected chi connectivity index (χ3v) is 2.36. The highest BCUT2D eigenvalue weighted by atomic mass is 16.3. The molecule has 0 amide bonds. The van der Waals surface area contributed by atoms with Crippen LogP contribution in [0.25, 0.3) is 0 Å². The van der Waals surface area contributed by atoms with Crippen molar-refractivity contribution in [2.45, 2.75) is 12.0 Å². The number of β-amino-alcohol motifs (C(OH)–C–C–N with tert-alkyl or cyclic N) is 1.